The van der Waals surface area contributed by atoms with Crippen LogP contribution in [0.25, 0.3) is 0 Å². The average Bonchev–Trinajstić information content (AvgIpc) is 3.32. The van der Waals surface area contributed by atoms with Crippen LogP contribution in [0.15, 0.2) is 18.2 Å². The van der Waals surface area contributed by atoms with E-state index in [0.717, 1.165) is 38.0 Å². The van der Waals surface area contributed by atoms with Gasteiger partial charge in [-0.2, -0.15) is 0 Å². The summed E-state index contributed by atoms with van der Waals surface area (Å²) in [6.45, 7) is 4.90. The van der Waals surface area contributed by atoms with Crippen molar-refractivity contribution in [1.29, 1.82) is 0 Å². The van der Waals surface area contributed by atoms with Gasteiger partial charge < -0.3 is 19.3 Å². The summed E-state index contributed by atoms with van der Waals surface area (Å²) in [7, 11) is 0. The summed E-state index contributed by atoms with van der Waals surface area (Å²) >= 11 is 12.1. The fourth-order valence-electron chi connectivity index (χ4n) is 4.41. The predicted molar refractivity (Wildman–Crippen MR) is 105 cm³/mol. The number of benzene rings is 1. The lowest BCUT2D eigenvalue weighted by Gasteiger charge is -2.45. The molecule has 1 spiro atoms. The molecule has 4 rings (SSSR count). The van der Waals surface area contributed by atoms with Crippen LogP contribution in [-0.4, -0.2) is 66.9 Å². The fourth-order valence-corrected chi connectivity index (χ4v) is 4.73. The van der Waals surface area contributed by atoms with Gasteiger partial charge in [0.05, 0.1) is 36.2 Å². The molecule has 3 saturated heterocycles. The monoisotopic (exact) mass is 412 g/mol. The van der Waals surface area contributed by atoms with Crippen LogP contribution in [0.3, 0.4) is 0 Å². The molecule has 27 heavy (non-hydrogen) atoms. The normalized spacial score (nSPS) is 25.4. The fraction of sp³-hybridized carbons (Fsp3) is 0.650. The zero-order chi connectivity index (χ0) is 18.9. The number of piperidine rings is 1. The number of carbonyl (C=O) groups excluding carboxylic acids is 1. The third-order valence-electron chi connectivity index (χ3n) is 5.85. The van der Waals surface area contributed by atoms with E-state index in [0.29, 0.717) is 36.2 Å². The van der Waals surface area contributed by atoms with Crippen LogP contribution in [-0.2, 0) is 20.7 Å². The van der Waals surface area contributed by atoms with Gasteiger partial charge in [-0.3, -0.25) is 4.79 Å². The Morgan fingerprint density at radius 3 is 2.59 bits per heavy atom. The number of hydrogen-bond donors (Lipinski definition) is 0. The predicted octanol–water partition coefficient (Wildman–Crippen LogP) is 3.37. The molecule has 1 aromatic carbocycles. The Morgan fingerprint density at radius 2 is 1.89 bits per heavy atom. The quantitative estimate of drug-likeness (QED) is 0.759. The summed E-state index contributed by atoms with van der Waals surface area (Å²) in [6, 6.07) is 5.59. The first kappa shape index (κ1) is 19.5. The Morgan fingerprint density at radius 1 is 1.15 bits per heavy atom. The third-order valence-corrected chi connectivity index (χ3v) is 6.59. The van der Waals surface area contributed by atoms with Gasteiger partial charge in [-0.05, 0) is 50.0 Å². The summed E-state index contributed by atoms with van der Waals surface area (Å²) in [5, 5.41) is 0.984. The average molecular weight is 413 g/mol. The second-order valence-electron chi connectivity index (χ2n) is 7.75. The van der Waals surface area contributed by atoms with Gasteiger partial charge in [-0.25, -0.2) is 0 Å². The summed E-state index contributed by atoms with van der Waals surface area (Å²) in [6.07, 6.45) is 4.56. The van der Waals surface area contributed by atoms with Crippen molar-refractivity contribution in [2.24, 2.45) is 0 Å². The molecule has 3 heterocycles. The lowest BCUT2D eigenvalue weighted by molar-refractivity contribution is -0.201. The molecule has 3 aliphatic rings. The summed E-state index contributed by atoms with van der Waals surface area (Å²) in [4.78, 5) is 17.7. The van der Waals surface area contributed by atoms with E-state index < -0.39 is 5.79 Å². The molecule has 1 amide bonds. The summed E-state index contributed by atoms with van der Waals surface area (Å²) in [5.41, 5.74) is 0.877. The first-order valence-corrected chi connectivity index (χ1v) is 10.5. The van der Waals surface area contributed by atoms with Crippen LogP contribution < -0.4 is 0 Å². The molecule has 7 heteroatoms. The van der Waals surface area contributed by atoms with Crippen LogP contribution >= 0.6 is 23.2 Å². The van der Waals surface area contributed by atoms with Gasteiger partial charge in [-0.1, -0.05) is 29.3 Å². The molecule has 1 unspecified atom stereocenters. The molecule has 3 fully saturated rings. The summed E-state index contributed by atoms with van der Waals surface area (Å²) in [5.74, 6) is -0.523. The number of rotatable bonds is 4. The van der Waals surface area contributed by atoms with Crippen molar-refractivity contribution in [3.8, 4) is 0 Å². The minimum atomic E-state index is -0.616. The maximum absolute atomic E-state index is 13.2. The molecule has 148 valence electrons. The van der Waals surface area contributed by atoms with Gasteiger partial charge in [0.15, 0.2) is 5.79 Å². The lowest BCUT2D eigenvalue weighted by atomic mass is 9.95. The molecule has 0 N–H and O–H groups in total. The molecule has 0 bridgehead atoms. The van der Waals surface area contributed by atoms with Crippen molar-refractivity contribution < 1.29 is 14.3 Å². The van der Waals surface area contributed by atoms with E-state index in [9.17, 15) is 4.79 Å². The molecule has 0 aliphatic carbocycles. The van der Waals surface area contributed by atoms with Crippen molar-refractivity contribution in [3.05, 3.63) is 33.8 Å². The molecule has 0 aromatic heterocycles. The topological polar surface area (TPSA) is 42.0 Å². The van der Waals surface area contributed by atoms with E-state index in [1.807, 2.05) is 11.0 Å². The number of likely N-dealkylation sites (tertiary alicyclic amines) is 2. The molecular formula is C20H26Cl2N2O3. The van der Waals surface area contributed by atoms with Gasteiger partial charge in [0.2, 0.25) is 5.91 Å². The van der Waals surface area contributed by atoms with E-state index in [2.05, 4.69) is 4.90 Å². The van der Waals surface area contributed by atoms with Gasteiger partial charge in [0.1, 0.15) is 0 Å². The first-order valence-electron chi connectivity index (χ1n) is 9.78. The van der Waals surface area contributed by atoms with Crippen molar-refractivity contribution >= 4 is 29.1 Å². The van der Waals surface area contributed by atoms with E-state index in [1.165, 1.54) is 12.8 Å². The van der Waals surface area contributed by atoms with E-state index >= 15 is 0 Å². The molecule has 0 saturated carbocycles. The van der Waals surface area contributed by atoms with E-state index in [-0.39, 0.29) is 11.9 Å². The Hall–Kier alpha value is -0.850. The summed E-state index contributed by atoms with van der Waals surface area (Å²) < 4.78 is 11.8. The highest BCUT2D eigenvalue weighted by Crippen LogP contribution is 2.34. The number of halogens is 2. The maximum Gasteiger partial charge on any atom is 0.227 e. The van der Waals surface area contributed by atoms with Crippen LogP contribution in [0, 0.1) is 0 Å². The largest absolute Gasteiger partial charge is 0.346 e. The highest BCUT2D eigenvalue weighted by Gasteiger charge is 2.45. The molecule has 1 atom stereocenters. The number of amides is 1. The highest BCUT2D eigenvalue weighted by molar-refractivity contribution is 6.42. The minimum Gasteiger partial charge on any atom is -0.346 e. The minimum absolute atomic E-state index is 0.0933. The maximum atomic E-state index is 13.2. The standard InChI is InChI=1S/C20H26Cl2N2O3/c21-17-4-3-15(11-18(17)22)12-19(25)24-14-20(26-9-10-27-20)6-5-16(24)13-23-7-1-2-8-23/h3-4,11,16H,1-2,5-10,12-14H2. The number of carbonyl (C=O) groups is 1. The molecule has 3 aliphatic heterocycles. The molecule has 5 nitrogen and oxygen atoms in total. The number of hydrogen-bond acceptors (Lipinski definition) is 4. The SMILES string of the molecule is O=C(Cc1ccc(Cl)c(Cl)c1)N1CC2(CCC1CN1CCCC1)OCCO2. The zero-order valence-electron chi connectivity index (χ0n) is 15.5. The van der Waals surface area contributed by atoms with E-state index in [1.54, 1.807) is 12.1 Å². The molecule has 0 radical (unpaired) electrons. The Balaban J connectivity index is 1.49. The van der Waals surface area contributed by atoms with Crippen LogP contribution in [0.5, 0.6) is 0 Å². The van der Waals surface area contributed by atoms with Crippen molar-refractivity contribution in [2.45, 2.75) is 43.9 Å². The van der Waals surface area contributed by atoms with Crippen LogP contribution in [0.4, 0.5) is 0 Å². The van der Waals surface area contributed by atoms with Gasteiger partial charge in [-0.15, -0.1) is 0 Å². The van der Waals surface area contributed by atoms with Gasteiger partial charge in [0.25, 0.3) is 0 Å². The van der Waals surface area contributed by atoms with Crippen LogP contribution in [0.1, 0.15) is 31.2 Å². The Kier molecular flexibility index (Phi) is 5.95. The molecular weight excluding hydrogens is 387 g/mol. The van der Waals surface area contributed by atoms with Crippen molar-refractivity contribution in [2.75, 3.05) is 39.4 Å². The third kappa shape index (κ3) is 4.43. The van der Waals surface area contributed by atoms with Gasteiger partial charge in [0, 0.05) is 19.0 Å². The smallest absolute Gasteiger partial charge is 0.227 e. The van der Waals surface area contributed by atoms with Crippen LogP contribution in [0.2, 0.25) is 10.0 Å². The first-order chi connectivity index (χ1) is 13.0. The second-order valence-corrected chi connectivity index (χ2v) is 8.57. The van der Waals surface area contributed by atoms with Gasteiger partial charge >= 0.3 is 0 Å². The Labute approximate surface area is 170 Å². The zero-order valence-corrected chi connectivity index (χ0v) is 17.0. The highest BCUT2D eigenvalue weighted by atomic mass is 35.5. The molecule has 1 aromatic rings. The van der Waals surface area contributed by atoms with Crippen molar-refractivity contribution in [3.63, 3.8) is 0 Å². The lowest BCUT2D eigenvalue weighted by Crippen LogP contribution is -2.58. The number of ether oxygens (including phenoxy) is 2. The second kappa shape index (κ2) is 8.26. The number of nitrogens with zero attached hydrogens (tertiary/aromatic N) is 2. The van der Waals surface area contributed by atoms with E-state index in [4.69, 9.17) is 32.7 Å². The van der Waals surface area contributed by atoms with Crippen molar-refractivity contribution in [1.82, 2.24) is 9.80 Å². The Bertz CT molecular complexity index is 688.